The highest BCUT2D eigenvalue weighted by molar-refractivity contribution is 7.81. The van der Waals surface area contributed by atoms with E-state index in [0.717, 1.165) is 31.2 Å². The Bertz CT molecular complexity index is 713. The van der Waals surface area contributed by atoms with Gasteiger partial charge in [0.15, 0.2) is 0 Å². The fourth-order valence-corrected chi connectivity index (χ4v) is 3.84. The van der Waals surface area contributed by atoms with E-state index in [1.807, 2.05) is 26.8 Å². The second kappa shape index (κ2) is 12.9. The molecule has 0 saturated carbocycles. The van der Waals surface area contributed by atoms with E-state index in [2.05, 4.69) is 17.1 Å². The van der Waals surface area contributed by atoms with Crippen molar-refractivity contribution < 1.29 is 18.3 Å². The van der Waals surface area contributed by atoms with Crippen molar-refractivity contribution in [3.05, 3.63) is 29.3 Å². The summed E-state index contributed by atoms with van der Waals surface area (Å²) < 4.78 is 27.6. The third kappa shape index (κ3) is 8.77. The van der Waals surface area contributed by atoms with Crippen LogP contribution < -0.4 is 14.9 Å². The van der Waals surface area contributed by atoms with Crippen LogP contribution >= 0.6 is 12.2 Å². The number of thiocarbonyl (C=S) groups is 1. The molecule has 2 N–H and O–H groups in total. The molecule has 0 fully saturated rings. The van der Waals surface area contributed by atoms with Gasteiger partial charge in [0.05, 0.1) is 19.1 Å². The second-order valence-corrected chi connectivity index (χ2v) is 8.31. The summed E-state index contributed by atoms with van der Waals surface area (Å²) in [5.74, 6) is 0.451. The number of hydrogen-bond acceptors (Lipinski definition) is 5. The van der Waals surface area contributed by atoms with Crippen LogP contribution in [0.5, 0.6) is 5.75 Å². The number of methoxy groups -OCH3 is 1. The molecule has 0 saturated heterocycles. The molecular formula is C20H32N3O4S2-. The first-order chi connectivity index (χ1) is 13.7. The van der Waals surface area contributed by atoms with Gasteiger partial charge in [0.1, 0.15) is 10.7 Å². The minimum atomic E-state index is -2.51. The van der Waals surface area contributed by atoms with Gasteiger partial charge >= 0.3 is 0 Å². The molecule has 0 bridgehead atoms. The van der Waals surface area contributed by atoms with Crippen LogP contribution in [-0.4, -0.2) is 43.9 Å². The van der Waals surface area contributed by atoms with Gasteiger partial charge in [-0.1, -0.05) is 44.5 Å². The molecule has 0 heterocycles. The number of hydrogen-bond donors (Lipinski definition) is 2. The van der Waals surface area contributed by atoms with E-state index in [4.69, 9.17) is 17.0 Å². The van der Waals surface area contributed by atoms with Crippen LogP contribution in [0.15, 0.2) is 18.2 Å². The zero-order valence-corrected chi connectivity index (χ0v) is 19.5. The standard InChI is InChI=1S/C20H33N3O4S2/c1-6-7-8-9-15(4)21-19(24)13-16-10-11-18(27-5)17(12-16)20(28)23(14(2)3)22-29(25)26/h10-12,14-15,22H,6-9,13H2,1-5H3,(H,21,24)(H,25,26)/p-1. The normalized spacial score (nSPS) is 13.1. The van der Waals surface area contributed by atoms with Gasteiger partial charge in [0, 0.05) is 23.4 Å². The Morgan fingerprint density at radius 3 is 2.55 bits per heavy atom. The molecule has 1 rings (SSSR count). The summed E-state index contributed by atoms with van der Waals surface area (Å²) in [5, 5.41) is 4.40. The Morgan fingerprint density at radius 2 is 2.00 bits per heavy atom. The Hall–Kier alpha value is -1.55. The van der Waals surface area contributed by atoms with Crippen molar-refractivity contribution in [2.45, 2.75) is 71.9 Å². The lowest BCUT2D eigenvalue weighted by Crippen LogP contribution is -2.47. The number of rotatable bonds is 12. The lowest BCUT2D eigenvalue weighted by molar-refractivity contribution is -0.121. The number of benzene rings is 1. The number of hydrazine groups is 1. The molecule has 1 aromatic rings. The monoisotopic (exact) mass is 442 g/mol. The SMILES string of the molecule is CCCCCC(C)NC(=O)Cc1ccc(OC)c(C(=S)N(NS(=O)[O-])C(C)C)c1. The summed E-state index contributed by atoms with van der Waals surface area (Å²) in [5.41, 5.74) is 1.32. The highest BCUT2D eigenvalue weighted by Crippen LogP contribution is 2.23. The van der Waals surface area contributed by atoms with Crippen molar-refractivity contribution >= 4 is 34.4 Å². The third-order valence-electron chi connectivity index (χ3n) is 4.42. The molecule has 0 aliphatic heterocycles. The molecule has 2 unspecified atom stereocenters. The van der Waals surface area contributed by atoms with Gasteiger partial charge in [-0.05, 0) is 44.9 Å². The molecule has 0 spiro atoms. The van der Waals surface area contributed by atoms with Crippen molar-refractivity contribution in [2.75, 3.05) is 7.11 Å². The molecule has 0 radical (unpaired) electrons. The maximum absolute atomic E-state index is 12.4. The zero-order valence-electron chi connectivity index (χ0n) is 17.8. The van der Waals surface area contributed by atoms with E-state index in [1.165, 1.54) is 12.1 Å². The van der Waals surface area contributed by atoms with Crippen LogP contribution in [-0.2, 0) is 22.5 Å². The Balaban J connectivity index is 2.93. The third-order valence-corrected chi connectivity index (χ3v) is 5.18. The highest BCUT2D eigenvalue weighted by Gasteiger charge is 2.20. The van der Waals surface area contributed by atoms with Crippen molar-refractivity contribution in [3.63, 3.8) is 0 Å². The highest BCUT2D eigenvalue weighted by atomic mass is 32.2. The average Bonchev–Trinajstić information content (AvgIpc) is 2.65. The molecule has 29 heavy (non-hydrogen) atoms. The molecule has 0 aliphatic carbocycles. The lowest BCUT2D eigenvalue weighted by atomic mass is 10.0. The molecule has 2 atom stereocenters. The van der Waals surface area contributed by atoms with Crippen LogP contribution in [0.4, 0.5) is 0 Å². The summed E-state index contributed by atoms with van der Waals surface area (Å²) in [6, 6.07) is 5.24. The number of ether oxygens (including phenoxy) is 1. The predicted octanol–water partition coefficient (Wildman–Crippen LogP) is 3.01. The van der Waals surface area contributed by atoms with Crippen LogP contribution in [0.3, 0.4) is 0 Å². The first-order valence-electron chi connectivity index (χ1n) is 9.84. The second-order valence-electron chi connectivity index (χ2n) is 7.27. The predicted molar refractivity (Wildman–Crippen MR) is 119 cm³/mol. The average molecular weight is 443 g/mol. The van der Waals surface area contributed by atoms with Crippen molar-refractivity contribution in [1.29, 1.82) is 0 Å². The van der Waals surface area contributed by atoms with E-state index < -0.39 is 11.3 Å². The molecular weight excluding hydrogens is 410 g/mol. The molecule has 0 aromatic heterocycles. The molecule has 0 aliphatic rings. The van der Waals surface area contributed by atoms with E-state index in [0.29, 0.717) is 11.3 Å². The smallest absolute Gasteiger partial charge is 0.224 e. The Kier molecular flexibility index (Phi) is 11.3. The van der Waals surface area contributed by atoms with Gasteiger partial charge in [0.25, 0.3) is 0 Å². The van der Waals surface area contributed by atoms with Gasteiger partial charge in [-0.15, -0.1) is 0 Å². The van der Waals surface area contributed by atoms with Gasteiger partial charge in [-0.3, -0.25) is 14.0 Å². The van der Waals surface area contributed by atoms with Crippen LogP contribution in [0.25, 0.3) is 0 Å². The first-order valence-corrected chi connectivity index (χ1v) is 11.3. The van der Waals surface area contributed by atoms with E-state index in [9.17, 15) is 13.6 Å². The summed E-state index contributed by atoms with van der Waals surface area (Å²) in [4.78, 5) is 15.0. The Labute approximate surface area is 182 Å². The van der Waals surface area contributed by atoms with Gasteiger partial charge in [-0.25, -0.2) is 0 Å². The maximum Gasteiger partial charge on any atom is 0.224 e. The summed E-state index contributed by atoms with van der Waals surface area (Å²) in [6.45, 7) is 7.79. The van der Waals surface area contributed by atoms with Crippen molar-refractivity contribution in [3.8, 4) is 5.75 Å². The number of unbranched alkanes of at least 4 members (excludes halogenated alkanes) is 2. The molecule has 164 valence electrons. The number of nitrogens with one attached hydrogen (secondary N) is 2. The fraction of sp³-hybridized carbons (Fsp3) is 0.600. The number of amides is 1. The summed E-state index contributed by atoms with van der Waals surface area (Å²) in [6.07, 6.45) is 4.57. The summed E-state index contributed by atoms with van der Waals surface area (Å²) in [7, 11) is 1.52. The van der Waals surface area contributed by atoms with Crippen molar-refractivity contribution in [1.82, 2.24) is 15.2 Å². The minimum absolute atomic E-state index is 0.0597. The van der Waals surface area contributed by atoms with Crippen LogP contribution in [0.2, 0.25) is 0 Å². The number of carbonyl (C=O) groups excluding carboxylic acids is 1. The molecule has 1 amide bonds. The molecule has 1 aromatic carbocycles. The maximum atomic E-state index is 12.4. The van der Waals surface area contributed by atoms with E-state index >= 15 is 0 Å². The Morgan fingerprint density at radius 1 is 1.31 bits per heavy atom. The largest absolute Gasteiger partial charge is 0.759 e. The molecule has 7 nitrogen and oxygen atoms in total. The minimum Gasteiger partial charge on any atom is -0.759 e. The zero-order chi connectivity index (χ0) is 22.0. The first kappa shape index (κ1) is 25.5. The molecule has 9 heteroatoms. The van der Waals surface area contributed by atoms with Crippen LogP contribution in [0.1, 0.15) is 64.5 Å². The van der Waals surface area contributed by atoms with E-state index in [1.54, 1.807) is 12.1 Å². The topological polar surface area (TPSA) is 93.7 Å². The van der Waals surface area contributed by atoms with Gasteiger partial charge in [0.2, 0.25) is 5.91 Å². The fourth-order valence-electron chi connectivity index (χ4n) is 2.91. The lowest BCUT2D eigenvalue weighted by Gasteiger charge is -2.31. The number of carbonyl (C=O) groups is 1. The number of nitrogens with zero attached hydrogens (tertiary/aromatic N) is 1. The quantitative estimate of drug-likeness (QED) is 0.224. The van der Waals surface area contributed by atoms with Crippen molar-refractivity contribution in [2.24, 2.45) is 0 Å². The van der Waals surface area contributed by atoms with Gasteiger partial charge in [-0.2, -0.15) is 4.83 Å². The van der Waals surface area contributed by atoms with Crippen LogP contribution in [0, 0.1) is 0 Å². The van der Waals surface area contributed by atoms with E-state index in [-0.39, 0.29) is 29.4 Å². The van der Waals surface area contributed by atoms with Gasteiger partial charge < -0.3 is 14.6 Å². The summed E-state index contributed by atoms with van der Waals surface area (Å²) >= 11 is 2.99.